The molecule has 1 amide bonds. The van der Waals surface area contributed by atoms with Gasteiger partial charge in [0, 0.05) is 19.7 Å². The fraction of sp³-hybridized carbons (Fsp3) is 0.350. The summed E-state index contributed by atoms with van der Waals surface area (Å²) in [6, 6.07) is 6.83. The van der Waals surface area contributed by atoms with Crippen molar-refractivity contribution in [3.05, 3.63) is 64.2 Å². The SMILES string of the molecule is Cc1cc(C(=O)NC(C)c2cccc(C(F)(F)F)c2)cc(S(=O)(=O)N(C)C)c1C. The number of hydrogen-bond acceptors (Lipinski definition) is 3. The molecular formula is C20H23F3N2O3S. The highest BCUT2D eigenvalue weighted by Gasteiger charge is 2.31. The number of sulfonamides is 1. The van der Waals surface area contributed by atoms with Crippen LogP contribution in [0.25, 0.3) is 0 Å². The number of hydrogen-bond donors (Lipinski definition) is 1. The van der Waals surface area contributed by atoms with Crippen LogP contribution in [0.1, 0.15) is 45.6 Å². The number of halogens is 3. The summed E-state index contributed by atoms with van der Waals surface area (Å²) < 4.78 is 64.9. The normalized spacial score (nSPS) is 13.4. The van der Waals surface area contributed by atoms with Gasteiger partial charge in [-0.15, -0.1) is 0 Å². The molecule has 2 rings (SSSR count). The molecule has 0 fully saturated rings. The second-order valence-corrected chi connectivity index (χ2v) is 9.14. The molecule has 0 heterocycles. The highest BCUT2D eigenvalue weighted by molar-refractivity contribution is 7.89. The standard InChI is InChI=1S/C20H23F3N2O3S/c1-12-9-16(11-18(13(12)2)29(27,28)25(4)5)19(26)24-14(3)15-7-6-8-17(10-15)20(21,22)23/h6-11,14H,1-5H3,(H,24,26). The van der Waals surface area contributed by atoms with E-state index in [9.17, 15) is 26.4 Å². The largest absolute Gasteiger partial charge is 0.416 e. The Hall–Kier alpha value is -2.39. The molecule has 158 valence electrons. The molecule has 5 nitrogen and oxygen atoms in total. The maximum atomic E-state index is 12.9. The topological polar surface area (TPSA) is 66.5 Å². The first-order valence-electron chi connectivity index (χ1n) is 8.77. The predicted molar refractivity (Wildman–Crippen MR) is 104 cm³/mol. The van der Waals surface area contributed by atoms with Crippen molar-refractivity contribution in [2.45, 2.75) is 37.9 Å². The Morgan fingerprint density at radius 3 is 2.28 bits per heavy atom. The zero-order valence-corrected chi connectivity index (χ0v) is 17.6. The molecule has 29 heavy (non-hydrogen) atoms. The second-order valence-electron chi connectivity index (χ2n) is 7.02. The number of rotatable bonds is 5. The van der Waals surface area contributed by atoms with Gasteiger partial charge in [-0.05, 0) is 61.7 Å². The Bertz CT molecular complexity index is 1030. The molecule has 2 aromatic rings. The van der Waals surface area contributed by atoms with Crippen LogP contribution >= 0.6 is 0 Å². The highest BCUT2D eigenvalue weighted by atomic mass is 32.2. The minimum absolute atomic E-state index is 0.0133. The van der Waals surface area contributed by atoms with Crippen LogP contribution in [-0.2, 0) is 16.2 Å². The number of benzene rings is 2. The summed E-state index contributed by atoms with van der Waals surface area (Å²) in [5.74, 6) is -0.576. The molecule has 0 bridgehead atoms. The average Bonchev–Trinajstić information content (AvgIpc) is 2.62. The molecular weight excluding hydrogens is 405 g/mol. The Labute approximate surface area is 168 Å². The van der Waals surface area contributed by atoms with E-state index in [4.69, 9.17) is 0 Å². The molecule has 0 spiro atoms. The molecule has 1 N–H and O–H groups in total. The van der Waals surface area contributed by atoms with Crippen LogP contribution < -0.4 is 5.32 Å². The van der Waals surface area contributed by atoms with Gasteiger partial charge in [-0.25, -0.2) is 12.7 Å². The van der Waals surface area contributed by atoms with Crippen LogP contribution in [0, 0.1) is 13.8 Å². The number of carbonyl (C=O) groups is 1. The average molecular weight is 428 g/mol. The van der Waals surface area contributed by atoms with Gasteiger partial charge >= 0.3 is 6.18 Å². The summed E-state index contributed by atoms with van der Waals surface area (Å²) >= 11 is 0. The Kier molecular flexibility index (Phi) is 6.44. The number of alkyl halides is 3. The molecule has 1 unspecified atom stereocenters. The maximum absolute atomic E-state index is 12.9. The van der Waals surface area contributed by atoms with E-state index < -0.39 is 33.7 Å². The van der Waals surface area contributed by atoms with Crippen molar-refractivity contribution < 1.29 is 26.4 Å². The summed E-state index contributed by atoms with van der Waals surface area (Å²) in [7, 11) is -0.970. The Morgan fingerprint density at radius 1 is 1.10 bits per heavy atom. The van der Waals surface area contributed by atoms with Crippen LogP contribution in [0.15, 0.2) is 41.3 Å². The van der Waals surface area contributed by atoms with Crippen molar-refractivity contribution in [2.75, 3.05) is 14.1 Å². The molecule has 0 saturated carbocycles. The van der Waals surface area contributed by atoms with Crippen LogP contribution in [0.2, 0.25) is 0 Å². The van der Waals surface area contributed by atoms with Gasteiger partial charge in [-0.2, -0.15) is 13.2 Å². The summed E-state index contributed by atoms with van der Waals surface area (Å²) in [5.41, 5.74) is 0.748. The fourth-order valence-corrected chi connectivity index (χ4v) is 3.99. The lowest BCUT2D eigenvalue weighted by molar-refractivity contribution is -0.137. The molecule has 0 aliphatic heterocycles. The van der Waals surface area contributed by atoms with Gasteiger partial charge in [-0.1, -0.05) is 12.1 Å². The van der Waals surface area contributed by atoms with E-state index in [0.717, 1.165) is 16.4 Å². The van der Waals surface area contributed by atoms with Gasteiger partial charge in [0.2, 0.25) is 10.0 Å². The molecule has 9 heteroatoms. The van der Waals surface area contributed by atoms with E-state index in [-0.39, 0.29) is 16.0 Å². The lowest BCUT2D eigenvalue weighted by Crippen LogP contribution is -2.28. The molecule has 0 aliphatic rings. The number of amides is 1. The lowest BCUT2D eigenvalue weighted by atomic mass is 10.0. The highest BCUT2D eigenvalue weighted by Crippen LogP contribution is 2.31. The van der Waals surface area contributed by atoms with Gasteiger partial charge in [0.05, 0.1) is 16.5 Å². The zero-order valence-electron chi connectivity index (χ0n) is 16.8. The Morgan fingerprint density at radius 2 is 1.72 bits per heavy atom. The smallest absolute Gasteiger partial charge is 0.346 e. The third-order valence-electron chi connectivity index (χ3n) is 4.70. The van der Waals surface area contributed by atoms with Crippen molar-refractivity contribution in [3.63, 3.8) is 0 Å². The van der Waals surface area contributed by atoms with Gasteiger partial charge in [0.25, 0.3) is 5.91 Å². The van der Waals surface area contributed by atoms with E-state index in [0.29, 0.717) is 11.1 Å². The zero-order chi connectivity index (χ0) is 22.1. The third kappa shape index (κ3) is 4.97. The van der Waals surface area contributed by atoms with Gasteiger partial charge < -0.3 is 5.32 Å². The monoisotopic (exact) mass is 428 g/mol. The minimum atomic E-state index is -4.48. The number of nitrogens with zero attached hydrogens (tertiary/aromatic N) is 1. The minimum Gasteiger partial charge on any atom is -0.346 e. The first kappa shape index (κ1) is 22.9. The third-order valence-corrected chi connectivity index (χ3v) is 6.64. The second kappa shape index (κ2) is 8.16. The fourth-order valence-electron chi connectivity index (χ4n) is 2.77. The first-order chi connectivity index (χ1) is 13.2. The first-order valence-corrected chi connectivity index (χ1v) is 10.2. The summed E-state index contributed by atoms with van der Waals surface area (Å²) in [5, 5.41) is 2.63. The van der Waals surface area contributed by atoms with E-state index in [1.165, 1.54) is 32.3 Å². The van der Waals surface area contributed by atoms with Crippen LogP contribution in [0.5, 0.6) is 0 Å². The summed E-state index contributed by atoms with van der Waals surface area (Å²) in [6.07, 6.45) is -4.48. The van der Waals surface area contributed by atoms with Crippen molar-refractivity contribution in [3.8, 4) is 0 Å². The van der Waals surface area contributed by atoms with Gasteiger partial charge in [0.1, 0.15) is 0 Å². The number of nitrogens with one attached hydrogen (secondary N) is 1. The van der Waals surface area contributed by atoms with Gasteiger partial charge in [-0.3, -0.25) is 4.79 Å². The van der Waals surface area contributed by atoms with Crippen molar-refractivity contribution in [1.29, 1.82) is 0 Å². The lowest BCUT2D eigenvalue weighted by Gasteiger charge is -2.19. The molecule has 0 saturated heterocycles. The predicted octanol–water partition coefficient (Wildman–Crippen LogP) is 4.06. The number of aryl methyl sites for hydroxylation is 1. The number of carbonyl (C=O) groups excluding carboxylic acids is 1. The van der Waals surface area contributed by atoms with E-state index >= 15 is 0 Å². The molecule has 0 radical (unpaired) electrons. The summed E-state index contributed by atoms with van der Waals surface area (Å²) in [6.45, 7) is 4.90. The van der Waals surface area contributed by atoms with Crippen molar-refractivity contribution in [2.24, 2.45) is 0 Å². The molecule has 1 atom stereocenters. The van der Waals surface area contributed by atoms with E-state index in [1.807, 2.05) is 0 Å². The van der Waals surface area contributed by atoms with Gasteiger partial charge in [0.15, 0.2) is 0 Å². The van der Waals surface area contributed by atoms with E-state index in [1.54, 1.807) is 26.8 Å². The van der Waals surface area contributed by atoms with Crippen LogP contribution in [0.3, 0.4) is 0 Å². The quantitative estimate of drug-likeness (QED) is 0.781. The van der Waals surface area contributed by atoms with Crippen molar-refractivity contribution in [1.82, 2.24) is 9.62 Å². The molecule has 0 aromatic heterocycles. The van der Waals surface area contributed by atoms with Crippen molar-refractivity contribution >= 4 is 15.9 Å². The molecule has 2 aromatic carbocycles. The van der Waals surface area contributed by atoms with Crippen LogP contribution in [-0.4, -0.2) is 32.7 Å². The van der Waals surface area contributed by atoms with E-state index in [2.05, 4.69) is 5.32 Å². The molecule has 0 aliphatic carbocycles. The Balaban J connectivity index is 2.36. The van der Waals surface area contributed by atoms with Crippen LogP contribution in [0.4, 0.5) is 13.2 Å². The summed E-state index contributed by atoms with van der Waals surface area (Å²) in [4.78, 5) is 12.7. The maximum Gasteiger partial charge on any atom is 0.416 e.